The molecule has 0 spiro atoms. The smallest absolute Gasteiger partial charge is 0.431 e. The number of amides is 1. The van der Waals surface area contributed by atoms with E-state index in [4.69, 9.17) is 10.00 Å². The molecule has 0 aromatic heterocycles. The van der Waals surface area contributed by atoms with E-state index in [9.17, 15) is 18.0 Å². The minimum absolute atomic E-state index is 0.0399. The minimum Gasteiger partial charge on any atom is -0.444 e. The van der Waals surface area contributed by atoms with Gasteiger partial charge in [-0.1, -0.05) is 19.1 Å². The summed E-state index contributed by atoms with van der Waals surface area (Å²) < 4.78 is 45.2. The number of hydrazone groups is 1. The first-order valence-electron chi connectivity index (χ1n) is 10.8. The Morgan fingerprint density at radius 3 is 2.38 bits per heavy atom. The first kappa shape index (κ1) is 23.9. The molecule has 0 N–H and O–H groups in total. The molecule has 1 fully saturated rings. The number of likely N-dealkylation sites (tertiary alicyclic amines) is 1. The number of carbonyl (C=O) groups is 1. The molecule has 1 aromatic carbocycles. The number of hydrogen-bond acceptors (Lipinski definition) is 5. The summed E-state index contributed by atoms with van der Waals surface area (Å²) in [6.07, 6.45) is -3.13. The fourth-order valence-electron chi connectivity index (χ4n) is 4.01. The Kier molecular flexibility index (Phi) is 6.72. The van der Waals surface area contributed by atoms with Crippen molar-refractivity contribution in [2.75, 3.05) is 18.1 Å². The highest BCUT2D eigenvalue weighted by molar-refractivity contribution is 5.95. The molecule has 1 amide bonds. The summed E-state index contributed by atoms with van der Waals surface area (Å²) in [5.74, 6) is -0.471. The Morgan fingerprint density at radius 2 is 1.84 bits per heavy atom. The van der Waals surface area contributed by atoms with Gasteiger partial charge in [-0.05, 0) is 57.2 Å². The predicted molar refractivity (Wildman–Crippen MR) is 115 cm³/mol. The molecule has 174 valence electrons. The topological polar surface area (TPSA) is 68.9 Å². The third kappa shape index (κ3) is 5.53. The van der Waals surface area contributed by atoms with Gasteiger partial charge in [0.25, 0.3) is 0 Å². The van der Waals surface area contributed by atoms with Gasteiger partial charge in [-0.25, -0.2) is 4.79 Å². The van der Waals surface area contributed by atoms with Crippen molar-refractivity contribution in [3.05, 3.63) is 29.8 Å². The van der Waals surface area contributed by atoms with Crippen molar-refractivity contribution < 1.29 is 22.7 Å². The number of hydrogen-bond donors (Lipinski definition) is 0. The summed E-state index contributed by atoms with van der Waals surface area (Å²) in [5, 5.41) is 14.2. The summed E-state index contributed by atoms with van der Waals surface area (Å²) in [4.78, 5) is 13.7. The van der Waals surface area contributed by atoms with Gasteiger partial charge >= 0.3 is 12.3 Å². The second-order valence-corrected chi connectivity index (χ2v) is 9.50. The van der Waals surface area contributed by atoms with Gasteiger partial charge in [0.05, 0.1) is 24.2 Å². The number of rotatable bonds is 5. The van der Waals surface area contributed by atoms with E-state index in [2.05, 4.69) is 5.10 Å². The van der Waals surface area contributed by atoms with Gasteiger partial charge in [-0.15, -0.1) is 0 Å². The van der Waals surface area contributed by atoms with Crippen molar-refractivity contribution in [3.8, 4) is 6.07 Å². The van der Waals surface area contributed by atoms with E-state index in [0.717, 1.165) is 18.4 Å². The second kappa shape index (κ2) is 9.00. The van der Waals surface area contributed by atoms with E-state index >= 15 is 0 Å². The van der Waals surface area contributed by atoms with Gasteiger partial charge in [0.2, 0.25) is 0 Å². The number of alkyl halides is 3. The van der Waals surface area contributed by atoms with Crippen molar-refractivity contribution >= 4 is 17.5 Å². The molecule has 2 heterocycles. The van der Waals surface area contributed by atoms with Crippen LogP contribution in [0.5, 0.6) is 0 Å². The molecule has 9 heteroatoms. The molecule has 0 radical (unpaired) electrons. The van der Waals surface area contributed by atoms with Crippen LogP contribution in [0.1, 0.15) is 46.1 Å². The lowest BCUT2D eigenvalue weighted by Crippen LogP contribution is -2.51. The van der Waals surface area contributed by atoms with Crippen molar-refractivity contribution in [3.63, 3.8) is 0 Å². The lowest BCUT2D eigenvalue weighted by Gasteiger charge is -2.39. The van der Waals surface area contributed by atoms with Crippen LogP contribution in [-0.2, 0) is 11.2 Å². The van der Waals surface area contributed by atoms with Crippen LogP contribution >= 0.6 is 0 Å². The number of halogens is 3. The molecular weight excluding hydrogens is 421 g/mol. The third-order valence-corrected chi connectivity index (χ3v) is 5.78. The van der Waals surface area contributed by atoms with Crippen molar-refractivity contribution in [2.24, 2.45) is 16.9 Å². The third-order valence-electron chi connectivity index (χ3n) is 5.78. The normalized spacial score (nSPS) is 21.8. The number of nitrogens with zero attached hydrogens (tertiary/aromatic N) is 4. The zero-order chi connectivity index (χ0) is 23.7. The van der Waals surface area contributed by atoms with Crippen LogP contribution in [0.25, 0.3) is 0 Å². The zero-order valence-corrected chi connectivity index (χ0v) is 18.8. The molecule has 0 aliphatic carbocycles. The SMILES string of the molecule is C[C@@H]1C(C(F)(F)F)=NN(c2ccc(CCC3CN(C(=O)OC(C)(C)C)C3)cc2)[C@H]1CC#N. The maximum absolute atomic E-state index is 13.3. The van der Waals surface area contributed by atoms with Crippen LogP contribution in [0, 0.1) is 23.2 Å². The maximum Gasteiger partial charge on any atom is 0.431 e. The summed E-state index contributed by atoms with van der Waals surface area (Å²) in [5.41, 5.74) is 0.253. The Labute approximate surface area is 186 Å². The summed E-state index contributed by atoms with van der Waals surface area (Å²) in [7, 11) is 0. The lowest BCUT2D eigenvalue weighted by molar-refractivity contribution is -0.0620. The average molecular weight is 451 g/mol. The van der Waals surface area contributed by atoms with Crippen molar-refractivity contribution in [1.82, 2.24) is 4.90 Å². The Bertz CT molecular complexity index is 894. The van der Waals surface area contributed by atoms with E-state index in [1.54, 1.807) is 17.0 Å². The van der Waals surface area contributed by atoms with Crippen LogP contribution in [0.2, 0.25) is 0 Å². The van der Waals surface area contributed by atoms with Crippen molar-refractivity contribution in [2.45, 2.75) is 64.8 Å². The number of ether oxygens (including phenoxy) is 1. The molecule has 2 atom stereocenters. The first-order chi connectivity index (χ1) is 14.9. The van der Waals surface area contributed by atoms with Crippen LogP contribution in [0.4, 0.5) is 23.7 Å². The second-order valence-electron chi connectivity index (χ2n) is 9.50. The minimum atomic E-state index is -4.52. The predicted octanol–water partition coefficient (Wildman–Crippen LogP) is 5.14. The molecular formula is C23H29F3N4O2. The van der Waals surface area contributed by atoms with Crippen LogP contribution in [0.15, 0.2) is 29.4 Å². The van der Waals surface area contributed by atoms with Gasteiger partial charge in [0, 0.05) is 19.0 Å². The molecule has 32 heavy (non-hydrogen) atoms. The van der Waals surface area contributed by atoms with Gasteiger partial charge in [-0.3, -0.25) is 5.01 Å². The van der Waals surface area contributed by atoms with Crippen LogP contribution in [-0.4, -0.2) is 47.6 Å². The van der Waals surface area contributed by atoms with E-state index in [1.165, 1.54) is 11.9 Å². The van der Waals surface area contributed by atoms with Crippen molar-refractivity contribution in [1.29, 1.82) is 5.26 Å². The Hall–Kier alpha value is -2.76. The van der Waals surface area contributed by atoms with E-state index in [0.29, 0.717) is 24.7 Å². The van der Waals surface area contributed by atoms with Gasteiger partial charge in [0.1, 0.15) is 11.3 Å². The fourth-order valence-corrected chi connectivity index (χ4v) is 4.01. The fraction of sp³-hybridized carbons (Fsp3) is 0.609. The maximum atomic E-state index is 13.3. The highest BCUT2D eigenvalue weighted by atomic mass is 19.4. The average Bonchev–Trinajstić information content (AvgIpc) is 2.97. The zero-order valence-electron chi connectivity index (χ0n) is 18.8. The van der Waals surface area contributed by atoms with Gasteiger partial charge in [0.15, 0.2) is 0 Å². The molecule has 6 nitrogen and oxygen atoms in total. The Morgan fingerprint density at radius 1 is 1.22 bits per heavy atom. The van der Waals surface area contributed by atoms with E-state index in [-0.39, 0.29) is 12.5 Å². The molecule has 2 aliphatic heterocycles. The molecule has 0 unspecified atom stereocenters. The molecule has 0 saturated carbocycles. The number of benzene rings is 1. The Balaban J connectivity index is 1.56. The number of nitriles is 1. The summed E-state index contributed by atoms with van der Waals surface area (Å²) in [6, 6.07) is 8.60. The highest BCUT2D eigenvalue weighted by Crippen LogP contribution is 2.36. The summed E-state index contributed by atoms with van der Waals surface area (Å²) >= 11 is 0. The molecule has 0 bridgehead atoms. The van der Waals surface area contributed by atoms with Gasteiger partial charge < -0.3 is 9.64 Å². The molecule has 2 aliphatic rings. The highest BCUT2D eigenvalue weighted by Gasteiger charge is 2.48. The number of anilines is 1. The first-order valence-corrected chi connectivity index (χ1v) is 10.8. The monoisotopic (exact) mass is 450 g/mol. The van der Waals surface area contributed by atoms with Crippen LogP contribution in [0.3, 0.4) is 0 Å². The van der Waals surface area contributed by atoms with Gasteiger partial charge in [-0.2, -0.15) is 23.5 Å². The largest absolute Gasteiger partial charge is 0.444 e. The number of carbonyl (C=O) groups excluding carboxylic acids is 1. The molecule has 3 rings (SSSR count). The van der Waals surface area contributed by atoms with E-state index in [1.807, 2.05) is 39.0 Å². The molecule has 1 saturated heterocycles. The molecule has 1 aromatic rings. The van der Waals surface area contributed by atoms with Crippen LogP contribution < -0.4 is 5.01 Å². The summed E-state index contributed by atoms with van der Waals surface area (Å²) in [6.45, 7) is 8.32. The number of aryl methyl sites for hydroxylation is 1. The van der Waals surface area contributed by atoms with E-state index < -0.39 is 29.4 Å². The lowest BCUT2D eigenvalue weighted by atomic mass is 9.92. The quantitative estimate of drug-likeness (QED) is 0.623. The standard InChI is InChI=1S/C23H29F3N4O2/c1-15-19(11-12-27)30(28-20(15)23(24,25)26)18-9-7-16(8-10-18)5-6-17-13-29(14-17)21(31)32-22(2,3)4/h7-10,15,17,19H,5-6,11,13-14H2,1-4H3/t15-,19-/m0/s1.